The van der Waals surface area contributed by atoms with Crippen LogP contribution >= 0.6 is 0 Å². The number of nitrogens with one attached hydrogen (secondary N) is 1. The molecule has 0 aromatic carbocycles. The lowest BCUT2D eigenvalue weighted by Gasteiger charge is -1.95. The summed E-state index contributed by atoms with van der Waals surface area (Å²) >= 11 is 0. The molecule has 0 bridgehead atoms. The van der Waals surface area contributed by atoms with Crippen molar-refractivity contribution >= 4 is 17.4 Å². The van der Waals surface area contributed by atoms with Crippen LogP contribution in [0.15, 0.2) is 5.10 Å². The molecule has 0 rings (SSSR count). The Bertz CT molecular complexity index is 197. The Morgan fingerprint density at radius 3 is 2.27 bits per heavy atom. The molecule has 1 N–H and O–H groups in total. The van der Waals surface area contributed by atoms with Gasteiger partial charge in [-0.15, -0.1) is 0 Å². The highest BCUT2D eigenvalue weighted by atomic mass is 16.2. The summed E-state index contributed by atoms with van der Waals surface area (Å²) in [6.45, 7) is 4.67. The summed E-state index contributed by atoms with van der Waals surface area (Å²) in [4.78, 5) is 21.2. The van der Waals surface area contributed by atoms with Crippen molar-refractivity contribution in [3.63, 3.8) is 0 Å². The first kappa shape index (κ1) is 9.81. The minimum atomic E-state index is -0.189. The van der Waals surface area contributed by atoms with Crippen LogP contribution < -0.4 is 5.43 Å². The van der Waals surface area contributed by atoms with Crippen LogP contribution in [0.2, 0.25) is 0 Å². The first-order valence-electron chi connectivity index (χ1n) is 3.42. The van der Waals surface area contributed by atoms with Crippen LogP contribution in [0.1, 0.15) is 27.2 Å². The molecule has 0 fully saturated rings. The maximum absolute atomic E-state index is 10.6. The number of rotatable bonds is 3. The molecule has 4 nitrogen and oxygen atoms in total. The zero-order valence-corrected chi connectivity index (χ0v) is 6.97. The molecule has 0 saturated carbocycles. The molecule has 0 aliphatic carbocycles. The Hall–Kier alpha value is -1.19. The molecule has 0 spiro atoms. The fraction of sp³-hybridized carbons (Fsp3) is 0.571. The van der Waals surface area contributed by atoms with Crippen LogP contribution in [0.25, 0.3) is 0 Å². The molecule has 0 atom stereocenters. The molecular formula is C7H12N2O2. The molecule has 62 valence electrons. The van der Waals surface area contributed by atoms with Crippen molar-refractivity contribution in [3.8, 4) is 0 Å². The number of hydrogen-bond donors (Lipinski definition) is 1. The van der Waals surface area contributed by atoms with E-state index >= 15 is 0 Å². The largest absolute Gasteiger partial charge is 0.293 e. The normalized spacial score (nSPS) is 11.0. The van der Waals surface area contributed by atoms with E-state index in [0.717, 1.165) is 0 Å². The van der Waals surface area contributed by atoms with E-state index in [1.165, 1.54) is 6.92 Å². The lowest BCUT2D eigenvalue weighted by molar-refractivity contribution is -0.120. The van der Waals surface area contributed by atoms with Gasteiger partial charge in [-0.3, -0.25) is 9.59 Å². The van der Waals surface area contributed by atoms with Crippen LogP contribution in [-0.2, 0) is 9.59 Å². The highest BCUT2D eigenvalue weighted by molar-refractivity contribution is 6.38. The van der Waals surface area contributed by atoms with Gasteiger partial charge in [0, 0.05) is 13.3 Å². The number of Topliss-reactive ketones (excluding diaryl/α,β-unsaturated/α-hetero) is 1. The highest BCUT2D eigenvalue weighted by Crippen LogP contribution is 1.79. The Kier molecular flexibility index (Phi) is 4.10. The molecule has 0 aliphatic heterocycles. The second-order valence-electron chi connectivity index (χ2n) is 2.14. The van der Waals surface area contributed by atoms with E-state index in [-0.39, 0.29) is 11.7 Å². The first-order valence-corrected chi connectivity index (χ1v) is 3.42. The Morgan fingerprint density at radius 1 is 1.36 bits per heavy atom. The third-order valence-corrected chi connectivity index (χ3v) is 1.18. The smallest absolute Gasteiger partial charge is 0.239 e. The molecule has 0 heterocycles. The minimum absolute atomic E-state index is 0.138. The van der Waals surface area contributed by atoms with Crippen molar-refractivity contribution in [2.24, 2.45) is 5.10 Å². The van der Waals surface area contributed by atoms with E-state index in [2.05, 4.69) is 10.5 Å². The lowest BCUT2D eigenvalue weighted by atomic mass is 10.3. The number of hydrazone groups is 1. The zero-order valence-electron chi connectivity index (χ0n) is 6.97. The Morgan fingerprint density at radius 2 is 1.91 bits per heavy atom. The van der Waals surface area contributed by atoms with Gasteiger partial charge in [-0.25, -0.2) is 5.43 Å². The summed E-state index contributed by atoms with van der Waals surface area (Å²) in [6, 6.07) is 0. The number of hydrogen-bond acceptors (Lipinski definition) is 3. The van der Waals surface area contributed by atoms with Gasteiger partial charge in [-0.1, -0.05) is 6.92 Å². The number of carbonyl (C=O) groups is 2. The monoisotopic (exact) mass is 156 g/mol. The van der Waals surface area contributed by atoms with Crippen molar-refractivity contribution in [3.05, 3.63) is 0 Å². The summed E-state index contributed by atoms with van der Waals surface area (Å²) in [5, 5.41) is 3.56. The Balaban J connectivity index is 3.92. The van der Waals surface area contributed by atoms with Crippen LogP contribution in [0.5, 0.6) is 0 Å². The predicted octanol–water partition coefficient (Wildman–Crippen LogP) is 0.478. The summed E-state index contributed by atoms with van der Waals surface area (Å²) in [6.07, 6.45) is 0.370. The average molecular weight is 156 g/mol. The second-order valence-corrected chi connectivity index (χ2v) is 2.14. The first-order chi connectivity index (χ1) is 5.07. The van der Waals surface area contributed by atoms with Crippen LogP contribution in [-0.4, -0.2) is 17.4 Å². The fourth-order valence-corrected chi connectivity index (χ4v) is 0.304. The molecule has 0 aromatic heterocycles. The predicted molar refractivity (Wildman–Crippen MR) is 42.2 cm³/mol. The molecule has 0 aromatic rings. The minimum Gasteiger partial charge on any atom is -0.293 e. The molecule has 0 radical (unpaired) electrons. The SMILES string of the molecule is CCC(=O)N/N=C(\C)C(C)=O. The van der Waals surface area contributed by atoms with Gasteiger partial charge in [-0.05, 0) is 6.92 Å². The third-order valence-electron chi connectivity index (χ3n) is 1.18. The van der Waals surface area contributed by atoms with Crippen molar-refractivity contribution in [2.45, 2.75) is 27.2 Å². The highest BCUT2D eigenvalue weighted by Gasteiger charge is 1.98. The number of ketones is 1. The van der Waals surface area contributed by atoms with E-state index in [4.69, 9.17) is 0 Å². The zero-order chi connectivity index (χ0) is 8.85. The summed E-state index contributed by atoms with van der Waals surface area (Å²) in [5.41, 5.74) is 2.55. The number of carbonyl (C=O) groups excluding carboxylic acids is 2. The average Bonchev–Trinajstić information content (AvgIpc) is 1.99. The van der Waals surface area contributed by atoms with Gasteiger partial charge in [0.15, 0.2) is 5.78 Å². The van der Waals surface area contributed by atoms with Crippen molar-refractivity contribution in [1.82, 2.24) is 5.43 Å². The molecule has 0 aliphatic rings. The standard InChI is InChI=1S/C7H12N2O2/c1-4-7(11)9-8-5(2)6(3)10/h4H2,1-3H3,(H,9,11)/b8-5+. The maximum Gasteiger partial charge on any atom is 0.239 e. The third kappa shape index (κ3) is 4.25. The van der Waals surface area contributed by atoms with E-state index in [1.807, 2.05) is 0 Å². The molecule has 0 unspecified atom stereocenters. The van der Waals surface area contributed by atoms with E-state index in [1.54, 1.807) is 13.8 Å². The van der Waals surface area contributed by atoms with Gasteiger partial charge >= 0.3 is 0 Å². The van der Waals surface area contributed by atoms with Crippen LogP contribution in [0.3, 0.4) is 0 Å². The Labute approximate surface area is 65.7 Å². The molecule has 4 heteroatoms. The molecule has 0 saturated heterocycles. The summed E-state index contributed by atoms with van der Waals surface area (Å²) < 4.78 is 0. The fourth-order valence-electron chi connectivity index (χ4n) is 0.304. The van der Waals surface area contributed by atoms with Gasteiger partial charge in [0.1, 0.15) is 5.71 Å². The number of nitrogens with zero attached hydrogens (tertiary/aromatic N) is 1. The summed E-state index contributed by atoms with van der Waals surface area (Å²) in [5.74, 6) is -0.327. The lowest BCUT2D eigenvalue weighted by Crippen LogP contribution is -2.19. The van der Waals surface area contributed by atoms with Gasteiger partial charge < -0.3 is 0 Å². The molecule has 1 amide bonds. The van der Waals surface area contributed by atoms with Crippen molar-refractivity contribution in [1.29, 1.82) is 0 Å². The van der Waals surface area contributed by atoms with Crippen LogP contribution in [0, 0.1) is 0 Å². The van der Waals surface area contributed by atoms with Gasteiger partial charge in [-0.2, -0.15) is 5.10 Å². The van der Waals surface area contributed by atoms with Gasteiger partial charge in [0.2, 0.25) is 5.91 Å². The van der Waals surface area contributed by atoms with E-state index in [0.29, 0.717) is 12.1 Å². The number of amides is 1. The van der Waals surface area contributed by atoms with Crippen molar-refractivity contribution < 1.29 is 9.59 Å². The van der Waals surface area contributed by atoms with Gasteiger partial charge in [0.25, 0.3) is 0 Å². The maximum atomic E-state index is 10.6. The summed E-state index contributed by atoms with van der Waals surface area (Å²) in [7, 11) is 0. The van der Waals surface area contributed by atoms with E-state index in [9.17, 15) is 9.59 Å². The van der Waals surface area contributed by atoms with Crippen molar-refractivity contribution in [2.75, 3.05) is 0 Å². The molecule has 11 heavy (non-hydrogen) atoms. The van der Waals surface area contributed by atoms with Gasteiger partial charge in [0.05, 0.1) is 0 Å². The van der Waals surface area contributed by atoms with Crippen LogP contribution in [0.4, 0.5) is 0 Å². The quantitative estimate of drug-likeness (QED) is 0.477. The van der Waals surface area contributed by atoms with E-state index < -0.39 is 0 Å². The topological polar surface area (TPSA) is 58.5 Å². The second kappa shape index (κ2) is 4.60. The molecular weight excluding hydrogens is 144 g/mol.